The molecule has 112 valence electrons. The third-order valence-corrected chi connectivity index (χ3v) is 3.74. The Labute approximate surface area is 122 Å². The Bertz CT molecular complexity index is 392. The molecule has 0 saturated carbocycles. The van der Waals surface area contributed by atoms with Crippen molar-refractivity contribution in [2.45, 2.75) is 32.6 Å². The average Bonchev–Trinajstić information content (AvgIpc) is 2.46. The van der Waals surface area contributed by atoms with Crippen molar-refractivity contribution in [2.24, 2.45) is 5.92 Å². The fourth-order valence-electron chi connectivity index (χ4n) is 2.47. The van der Waals surface area contributed by atoms with E-state index in [0.717, 1.165) is 57.4 Å². The lowest BCUT2D eigenvalue weighted by Crippen LogP contribution is -2.28. The molecule has 2 rings (SSSR count). The van der Waals surface area contributed by atoms with Gasteiger partial charge in [-0.05, 0) is 30.4 Å². The van der Waals surface area contributed by atoms with Crippen molar-refractivity contribution in [3.63, 3.8) is 0 Å². The van der Waals surface area contributed by atoms with Gasteiger partial charge in [-0.1, -0.05) is 32.0 Å². The number of nitrogens with one attached hydrogen (secondary N) is 1. The fraction of sp³-hybridized carbons (Fsp3) is 0.647. The maximum atomic E-state index is 5.68. The van der Waals surface area contributed by atoms with E-state index in [1.807, 2.05) is 6.07 Å². The molecule has 0 spiro atoms. The molecule has 1 atom stereocenters. The van der Waals surface area contributed by atoms with E-state index in [1.165, 1.54) is 5.56 Å². The lowest BCUT2D eigenvalue weighted by atomic mass is 9.93. The first-order chi connectivity index (χ1) is 9.77. The van der Waals surface area contributed by atoms with Gasteiger partial charge >= 0.3 is 0 Å². The summed E-state index contributed by atoms with van der Waals surface area (Å²) in [6.45, 7) is 8.89. The number of benzene rings is 1. The van der Waals surface area contributed by atoms with Crippen molar-refractivity contribution >= 4 is 0 Å². The maximum Gasteiger partial charge on any atom is 0.122 e. The monoisotopic (exact) mass is 277 g/mol. The van der Waals surface area contributed by atoms with E-state index in [-0.39, 0.29) is 0 Å². The van der Waals surface area contributed by atoms with Crippen molar-refractivity contribution in [2.75, 3.05) is 32.9 Å². The molecular formula is C17H27NO2. The summed E-state index contributed by atoms with van der Waals surface area (Å²) in [6.07, 6.45) is 2.24. The van der Waals surface area contributed by atoms with E-state index in [9.17, 15) is 0 Å². The number of para-hydroxylation sites is 1. The van der Waals surface area contributed by atoms with Gasteiger partial charge in [-0.15, -0.1) is 0 Å². The van der Waals surface area contributed by atoms with Crippen molar-refractivity contribution in [3.05, 3.63) is 29.8 Å². The highest BCUT2D eigenvalue weighted by molar-refractivity contribution is 5.37. The van der Waals surface area contributed by atoms with Crippen LogP contribution in [-0.4, -0.2) is 32.9 Å². The van der Waals surface area contributed by atoms with Crippen molar-refractivity contribution < 1.29 is 9.47 Å². The molecule has 1 N–H and O–H groups in total. The Morgan fingerprint density at radius 1 is 1.30 bits per heavy atom. The summed E-state index contributed by atoms with van der Waals surface area (Å²) in [6, 6.07) is 8.38. The van der Waals surface area contributed by atoms with Crippen LogP contribution in [0, 0.1) is 5.92 Å². The van der Waals surface area contributed by atoms with Gasteiger partial charge in [0.25, 0.3) is 0 Å². The molecule has 1 aliphatic heterocycles. The van der Waals surface area contributed by atoms with E-state index in [0.29, 0.717) is 5.92 Å². The number of fused-ring (bicyclic) bond motifs is 1. The highest BCUT2D eigenvalue weighted by atomic mass is 16.5. The summed E-state index contributed by atoms with van der Waals surface area (Å²) in [5, 5.41) is 3.50. The minimum Gasteiger partial charge on any atom is -0.493 e. The number of ether oxygens (including phenoxy) is 2. The van der Waals surface area contributed by atoms with Gasteiger partial charge in [0, 0.05) is 25.6 Å². The van der Waals surface area contributed by atoms with Gasteiger partial charge in [-0.3, -0.25) is 0 Å². The van der Waals surface area contributed by atoms with Gasteiger partial charge in [0.1, 0.15) is 5.75 Å². The molecule has 0 saturated heterocycles. The lowest BCUT2D eigenvalue weighted by Gasteiger charge is -2.26. The van der Waals surface area contributed by atoms with Crippen LogP contribution in [0.15, 0.2) is 24.3 Å². The van der Waals surface area contributed by atoms with Gasteiger partial charge in [0.15, 0.2) is 0 Å². The average molecular weight is 277 g/mol. The second kappa shape index (κ2) is 8.28. The number of hydrogen-bond acceptors (Lipinski definition) is 3. The molecule has 1 aromatic carbocycles. The van der Waals surface area contributed by atoms with E-state index in [1.54, 1.807) is 0 Å². The highest BCUT2D eigenvalue weighted by Gasteiger charge is 2.20. The summed E-state index contributed by atoms with van der Waals surface area (Å²) in [5.74, 6) is 2.34. The van der Waals surface area contributed by atoms with Crippen molar-refractivity contribution in [1.29, 1.82) is 0 Å². The van der Waals surface area contributed by atoms with Crippen LogP contribution in [0.4, 0.5) is 0 Å². The Hall–Kier alpha value is -1.06. The molecule has 0 aliphatic carbocycles. The van der Waals surface area contributed by atoms with Crippen LogP contribution >= 0.6 is 0 Å². The first kappa shape index (κ1) is 15.3. The van der Waals surface area contributed by atoms with Crippen LogP contribution in [0.3, 0.4) is 0 Å². The SMILES string of the molecule is CC(C)CCOCCNCC1CCOc2ccccc21. The molecule has 0 radical (unpaired) electrons. The van der Waals surface area contributed by atoms with Crippen LogP contribution in [0.2, 0.25) is 0 Å². The van der Waals surface area contributed by atoms with Gasteiger partial charge in [-0.25, -0.2) is 0 Å². The summed E-state index contributed by atoms with van der Waals surface area (Å²) in [4.78, 5) is 0. The Balaban J connectivity index is 1.63. The minimum atomic E-state index is 0.565. The van der Waals surface area contributed by atoms with Crippen molar-refractivity contribution in [1.82, 2.24) is 5.32 Å². The Morgan fingerprint density at radius 2 is 2.15 bits per heavy atom. The summed E-state index contributed by atoms with van der Waals surface area (Å²) < 4.78 is 11.3. The van der Waals surface area contributed by atoms with Gasteiger partial charge < -0.3 is 14.8 Å². The first-order valence-corrected chi connectivity index (χ1v) is 7.77. The first-order valence-electron chi connectivity index (χ1n) is 7.77. The lowest BCUT2D eigenvalue weighted by molar-refractivity contribution is 0.124. The van der Waals surface area contributed by atoms with Crippen LogP contribution in [-0.2, 0) is 4.74 Å². The van der Waals surface area contributed by atoms with E-state index in [2.05, 4.69) is 37.4 Å². The third-order valence-electron chi connectivity index (χ3n) is 3.74. The number of hydrogen-bond donors (Lipinski definition) is 1. The predicted molar refractivity (Wildman–Crippen MR) is 82.4 cm³/mol. The quantitative estimate of drug-likeness (QED) is 0.740. The van der Waals surface area contributed by atoms with Gasteiger partial charge in [0.2, 0.25) is 0 Å². The fourth-order valence-corrected chi connectivity index (χ4v) is 2.47. The standard InChI is InChI=1S/C17H27NO2/c1-14(2)7-10-19-12-9-18-13-15-8-11-20-17-6-4-3-5-16(15)17/h3-6,14-15,18H,7-13H2,1-2H3. The molecule has 0 fully saturated rings. The molecular weight excluding hydrogens is 250 g/mol. The normalized spacial score (nSPS) is 17.9. The van der Waals surface area contributed by atoms with E-state index < -0.39 is 0 Å². The molecule has 0 amide bonds. The molecule has 1 aromatic rings. The van der Waals surface area contributed by atoms with E-state index >= 15 is 0 Å². The summed E-state index contributed by atoms with van der Waals surface area (Å²) in [7, 11) is 0. The largest absolute Gasteiger partial charge is 0.493 e. The van der Waals surface area contributed by atoms with Gasteiger partial charge in [0.05, 0.1) is 13.2 Å². The zero-order valence-electron chi connectivity index (χ0n) is 12.7. The Kier molecular flexibility index (Phi) is 6.34. The van der Waals surface area contributed by atoms with Crippen LogP contribution < -0.4 is 10.1 Å². The topological polar surface area (TPSA) is 30.5 Å². The molecule has 3 nitrogen and oxygen atoms in total. The zero-order valence-corrected chi connectivity index (χ0v) is 12.7. The molecule has 1 heterocycles. The molecule has 3 heteroatoms. The summed E-state index contributed by atoms with van der Waals surface area (Å²) >= 11 is 0. The van der Waals surface area contributed by atoms with Crippen LogP contribution in [0.25, 0.3) is 0 Å². The summed E-state index contributed by atoms with van der Waals surface area (Å²) in [5.41, 5.74) is 1.34. The maximum absolute atomic E-state index is 5.68. The Morgan fingerprint density at radius 3 is 3.00 bits per heavy atom. The van der Waals surface area contributed by atoms with Crippen LogP contribution in [0.5, 0.6) is 5.75 Å². The van der Waals surface area contributed by atoms with Gasteiger partial charge in [-0.2, -0.15) is 0 Å². The minimum absolute atomic E-state index is 0.565. The molecule has 0 aromatic heterocycles. The third kappa shape index (κ3) is 4.80. The zero-order chi connectivity index (χ0) is 14.2. The molecule has 1 aliphatic rings. The highest BCUT2D eigenvalue weighted by Crippen LogP contribution is 2.32. The smallest absolute Gasteiger partial charge is 0.122 e. The van der Waals surface area contributed by atoms with Crippen molar-refractivity contribution in [3.8, 4) is 5.75 Å². The molecule has 0 bridgehead atoms. The second-order valence-corrected chi connectivity index (χ2v) is 5.87. The van der Waals surface area contributed by atoms with E-state index in [4.69, 9.17) is 9.47 Å². The predicted octanol–water partition coefficient (Wildman–Crippen LogP) is 3.21. The molecule has 20 heavy (non-hydrogen) atoms. The number of rotatable bonds is 8. The molecule has 1 unspecified atom stereocenters. The van der Waals surface area contributed by atoms with Crippen LogP contribution in [0.1, 0.15) is 38.2 Å². The second-order valence-electron chi connectivity index (χ2n) is 5.87.